The van der Waals surface area contributed by atoms with Crippen molar-refractivity contribution in [3.05, 3.63) is 36.9 Å². The molecule has 0 amide bonds. The Kier molecular flexibility index (Phi) is 4.52. The molecule has 7 rings (SSSR count). The van der Waals surface area contributed by atoms with E-state index in [4.69, 9.17) is 10.7 Å². The van der Waals surface area contributed by atoms with E-state index < -0.39 is 11.2 Å². The highest BCUT2D eigenvalue weighted by molar-refractivity contribution is 7.94. The van der Waals surface area contributed by atoms with E-state index >= 15 is 0 Å². The first-order valence-electron chi connectivity index (χ1n) is 11.5. The Labute approximate surface area is 203 Å². The van der Waals surface area contributed by atoms with Crippen molar-refractivity contribution in [3.63, 3.8) is 0 Å². The van der Waals surface area contributed by atoms with Gasteiger partial charge in [0.1, 0.15) is 10.5 Å². The van der Waals surface area contributed by atoms with Crippen LogP contribution in [0.4, 0.5) is 5.69 Å². The lowest BCUT2D eigenvalue weighted by Crippen LogP contribution is -2.28. The van der Waals surface area contributed by atoms with Crippen molar-refractivity contribution in [1.29, 1.82) is 0 Å². The summed E-state index contributed by atoms with van der Waals surface area (Å²) in [4.78, 5) is 14.8. The molecule has 0 spiro atoms. The fraction of sp³-hybridized carbons (Fsp3) is 0.333. The number of fused-ring (bicyclic) bond motifs is 2. The van der Waals surface area contributed by atoms with Gasteiger partial charge in [0.2, 0.25) is 0 Å². The number of pyridine rings is 2. The second-order valence-corrected chi connectivity index (χ2v) is 12.2. The molecular formula is C24H24N7OS2+. The molecule has 3 N–H and O–H groups in total. The average Bonchev–Trinajstić information content (AvgIpc) is 3.26. The number of nitrogen functional groups attached to an aromatic ring is 1. The van der Waals surface area contributed by atoms with Crippen molar-refractivity contribution in [1.82, 2.24) is 29.3 Å². The van der Waals surface area contributed by atoms with Crippen LogP contribution >= 0.6 is 11.3 Å². The topological polar surface area (TPSA) is 108 Å². The van der Waals surface area contributed by atoms with Crippen molar-refractivity contribution >= 4 is 49.6 Å². The molecule has 0 radical (unpaired) electrons. The average molecular weight is 491 g/mol. The molecule has 10 heteroatoms. The van der Waals surface area contributed by atoms with Crippen LogP contribution < -0.4 is 5.73 Å². The summed E-state index contributed by atoms with van der Waals surface area (Å²) in [7, 11) is 1.96. The molecule has 2 fully saturated rings. The minimum Gasteiger partial charge on any atom is -0.393 e. The van der Waals surface area contributed by atoms with Gasteiger partial charge >= 0.3 is 0 Å². The number of aromatic nitrogens is 6. The number of hydrogen-bond donors (Lipinski definition) is 2. The highest BCUT2D eigenvalue weighted by atomic mass is 32.2. The van der Waals surface area contributed by atoms with Crippen LogP contribution in [0.25, 0.3) is 43.9 Å². The van der Waals surface area contributed by atoms with E-state index in [1.807, 2.05) is 24.0 Å². The van der Waals surface area contributed by atoms with E-state index in [9.17, 15) is 4.55 Å². The van der Waals surface area contributed by atoms with E-state index in [1.54, 1.807) is 6.33 Å². The van der Waals surface area contributed by atoms with Crippen LogP contribution in [0.1, 0.15) is 38.1 Å². The lowest BCUT2D eigenvalue weighted by molar-refractivity contribution is 0.487. The fourth-order valence-electron chi connectivity index (χ4n) is 4.64. The highest BCUT2D eigenvalue weighted by Crippen LogP contribution is 2.47. The van der Waals surface area contributed by atoms with Crippen molar-refractivity contribution in [3.8, 4) is 22.5 Å². The van der Waals surface area contributed by atoms with E-state index in [2.05, 4.69) is 37.9 Å². The Morgan fingerprint density at radius 2 is 2.03 bits per heavy atom. The van der Waals surface area contributed by atoms with Crippen LogP contribution in [-0.4, -0.2) is 39.1 Å². The van der Waals surface area contributed by atoms with Gasteiger partial charge in [0.15, 0.2) is 22.1 Å². The number of rotatable bonds is 5. The Balaban J connectivity index is 1.46. The molecule has 0 aromatic carbocycles. The molecule has 5 heterocycles. The summed E-state index contributed by atoms with van der Waals surface area (Å²) in [5, 5.41) is 5.85. The monoisotopic (exact) mass is 490 g/mol. The number of hydrogen-bond acceptors (Lipinski definition) is 7. The van der Waals surface area contributed by atoms with Gasteiger partial charge in [-0.15, -0.1) is 0 Å². The number of imidazole rings is 1. The largest absolute Gasteiger partial charge is 0.393 e. The summed E-state index contributed by atoms with van der Waals surface area (Å²) in [6, 6.07) is 6.67. The van der Waals surface area contributed by atoms with Crippen LogP contribution in [0.5, 0.6) is 0 Å². The van der Waals surface area contributed by atoms with Gasteiger partial charge in [-0.2, -0.15) is 9.65 Å². The third kappa shape index (κ3) is 3.09. The minimum absolute atomic E-state index is 0.312. The Morgan fingerprint density at radius 1 is 1.18 bits per heavy atom. The first kappa shape index (κ1) is 20.4. The first-order valence-corrected chi connectivity index (χ1v) is 13.6. The van der Waals surface area contributed by atoms with Crippen molar-refractivity contribution in [2.24, 2.45) is 7.05 Å². The molecule has 0 bridgehead atoms. The smallest absolute Gasteiger partial charge is 0.269 e. The molecule has 1 atom stereocenters. The van der Waals surface area contributed by atoms with Gasteiger partial charge < -0.3 is 10.3 Å². The standard InChI is InChI=1S/C24H24N7OS2/c1-30-12-27-22-19(30)9-13(11-26-22)17-10-16(18-7-8-28-31(18)14-5-6-14)20-21(25)24(33-23(20)29-17)34(32)15-3-2-4-15/h7-12,14-15,32H,2-6,25H2,1H3/q+1. The Bertz CT molecular complexity index is 1560. The summed E-state index contributed by atoms with van der Waals surface area (Å²) < 4.78 is 16.0. The van der Waals surface area contributed by atoms with E-state index in [1.165, 1.54) is 17.8 Å². The maximum absolute atomic E-state index is 11.1. The summed E-state index contributed by atoms with van der Waals surface area (Å²) >= 11 is 0.674. The SMILES string of the molecule is Cn1cnc2ncc(-c3cc(-c4ccnn4C4CC4)c4c(N)c([S+](O)C5CCC5)sc4n3)cc21. The van der Waals surface area contributed by atoms with Crippen LogP contribution in [0.3, 0.4) is 0 Å². The number of nitrogens with zero attached hydrogens (tertiary/aromatic N) is 6. The van der Waals surface area contributed by atoms with E-state index in [0.717, 1.165) is 68.1 Å². The Morgan fingerprint density at radius 3 is 2.79 bits per heavy atom. The zero-order valence-corrected chi connectivity index (χ0v) is 20.3. The van der Waals surface area contributed by atoms with Crippen molar-refractivity contribution in [2.75, 3.05) is 5.73 Å². The van der Waals surface area contributed by atoms with Crippen molar-refractivity contribution < 1.29 is 4.55 Å². The third-order valence-corrected chi connectivity index (χ3v) is 10.3. The number of aryl methyl sites for hydroxylation is 1. The lowest BCUT2D eigenvalue weighted by Gasteiger charge is -2.19. The molecule has 5 aromatic rings. The normalized spacial score (nSPS) is 17.5. The van der Waals surface area contributed by atoms with Gasteiger partial charge in [0.25, 0.3) is 4.21 Å². The van der Waals surface area contributed by atoms with Gasteiger partial charge in [-0.25, -0.2) is 15.0 Å². The molecule has 5 aromatic heterocycles. The summed E-state index contributed by atoms with van der Waals surface area (Å²) in [6.07, 6.45) is 11.0. The van der Waals surface area contributed by atoms with Gasteiger partial charge in [-0.05, 0) is 50.3 Å². The van der Waals surface area contributed by atoms with Crippen LogP contribution in [-0.2, 0) is 18.2 Å². The van der Waals surface area contributed by atoms with Gasteiger partial charge in [0, 0.05) is 36.0 Å². The highest BCUT2D eigenvalue weighted by Gasteiger charge is 2.41. The lowest BCUT2D eigenvalue weighted by atomic mass is 10.00. The number of nitrogens with two attached hydrogens (primary N) is 1. The molecule has 172 valence electrons. The summed E-state index contributed by atoms with van der Waals surface area (Å²) in [5.41, 5.74) is 12.9. The second-order valence-electron chi connectivity index (χ2n) is 9.22. The summed E-state index contributed by atoms with van der Waals surface area (Å²) in [6.45, 7) is 0. The molecule has 2 aliphatic carbocycles. The Hall–Kier alpha value is -2.95. The summed E-state index contributed by atoms with van der Waals surface area (Å²) in [5.74, 6) is 0. The minimum atomic E-state index is -0.853. The van der Waals surface area contributed by atoms with Gasteiger partial charge in [-0.1, -0.05) is 11.3 Å². The van der Waals surface area contributed by atoms with E-state index in [0.29, 0.717) is 22.6 Å². The maximum atomic E-state index is 11.1. The molecule has 34 heavy (non-hydrogen) atoms. The molecular weight excluding hydrogens is 466 g/mol. The predicted molar refractivity (Wildman–Crippen MR) is 137 cm³/mol. The van der Waals surface area contributed by atoms with Crippen molar-refractivity contribution in [2.45, 2.75) is 47.6 Å². The van der Waals surface area contributed by atoms with E-state index in [-0.39, 0.29) is 0 Å². The van der Waals surface area contributed by atoms with Gasteiger partial charge in [0.05, 0.1) is 29.3 Å². The molecule has 2 saturated carbocycles. The van der Waals surface area contributed by atoms with Crippen LogP contribution in [0.15, 0.2) is 41.1 Å². The first-order chi connectivity index (χ1) is 16.6. The number of anilines is 1. The second kappa shape index (κ2) is 7.53. The molecule has 0 aliphatic heterocycles. The fourth-order valence-corrected chi connectivity index (χ4v) is 7.89. The zero-order valence-electron chi connectivity index (χ0n) is 18.7. The van der Waals surface area contributed by atoms with Crippen LogP contribution in [0.2, 0.25) is 0 Å². The molecule has 0 saturated heterocycles. The number of thiophene rings is 1. The zero-order chi connectivity index (χ0) is 23.0. The molecule has 8 nitrogen and oxygen atoms in total. The van der Waals surface area contributed by atoms with Gasteiger partial charge in [-0.3, -0.25) is 4.68 Å². The molecule has 1 unspecified atom stereocenters. The predicted octanol–water partition coefficient (Wildman–Crippen LogP) is 5.03. The maximum Gasteiger partial charge on any atom is 0.269 e. The molecule has 2 aliphatic rings. The quantitative estimate of drug-likeness (QED) is 0.335. The van der Waals surface area contributed by atoms with Crippen LogP contribution in [0, 0.1) is 0 Å². The third-order valence-electron chi connectivity index (χ3n) is 6.94.